The molecule has 146 valence electrons. The van der Waals surface area contributed by atoms with Gasteiger partial charge in [-0.3, -0.25) is 0 Å². The first-order chi connectivity index (χ1) is 11.8. The van der Waals surface area contributed by atoms with Gasteiger partial charge in [-0.2, -0.15) is 0 Å². The second-order valence-electron chi connectivity index (χ2n) is 8.63. The van der Waals surface area contributed by atoms with Crippen LogP contribution in [0.1, 0.15) is 71.8 Å². The molecule has 2 rings (SSSR count). The van der Waals surface area contributed by atoms with Gasteiger partial charge in [-0.25, -0.2) is 19.1 Å². The normalized spacial score (nSPS) is 14.9. The zero-order valence-corrected chi connectivity index (χ0v) is 18.1. The number of carbonyl (C=O) groups is 2. The van der Waals surface area contributed by atoms with E-state index in [1.165, 1.54) is 9.47 Å². The molecule has 7 nitrogen and oxygen atoms in total. The molecule has 1 aliphatic carbocycles. The molecule has 0 saturated heterocycles. The van der Waals surface area contributed by atoms with Crippen LogP contribution < -0.4 is 0 Å². The molecule has 1 fully saturated rings. The maximum atomic E-state index is 12.8. The van der Waals surface area contributed by atoms with E-state index in [-0.39, 0.29) is 12.5 Å². The number of imidazole rings is 1. The molecule has 1 amide bonds. The first-order valence-electron chi connectivity index (χ1n) is 8.73. The Bertz CT molecular complexity index is 697. The number of nitrogens with zero attached hydrogens (tertiary/aromatic N) is 3. The zero-order valence-electron chi connectivity index (χ0n) is 16.6. The summed E-state index contributed by atoms with van der Waals surface area (Å²) in [6.45, 7) is 11.1. The third kappa shape index (κ3) is 5.46. The fraction of sp³-hybridized carbons (Fsp3) is 0.722. The van der Waals surface area contributed by atoms with Crippen molar-refractivity contribution in [2.45, 2.75) is 78.0 Å². The standard InChI is InChI=1S/C18H28BrN3O4/c1-17(2,3)25-15(23)21(7)10-12-13(19)20-14(11-8-9-11)22(12)16(24)26-18(4,5)6/h11H,8-10H2,1-7H3. The van der Waals surface area contributed by atoms with Gasteiger partial charge in [-0.1, -0.05) is 0 Å². The fourth-order valence-electron chi connectivity index (χ4n) is 2.34. The summed E-state index contributed by atoms with van der Waals surface area (Å²) in [5.74, 6) is 0.929. The molecular formula is C18H28BrN3O4. The highest BCUT2D eigenvalue weighted by molar-refractivity contribution is 9.10. The smallest absolute Gasteiger partial charge is 0.420 e. The summed E-state index contributed by atoms with van der Waals surface area (Å²) < 4.78 is 13.0. The summed E-state index contributed by atoms with van der Waals surface area (Å²) in [4.78, 5) is 31.0. The minimum absolute atomic E-state index is 0.175. The quantitative estimate of drug-likeness (QED) is 0.697. The van der Waals surface area contributed by atoms with Gasteiger partial charge >= 0.3 is 12.2 Å². The summed E-state index contributed by atoms with van der Waals surface area (Å²) in [6.07, 6.45) is 1.04. The molecule has 0 spiro atoms. The summed E-state index contributed by atoms with van der Waals surface area (Å²) in [7, 11) is 1.63. The summed E-state index contributed by atoms with van der Waals surface area (Å²) in [6, 6.07) is 0. The molecule has 1 saturated carbocycles. The molecule has 0 aliphatic heterocycles. The number of carbonyl (C=O) groups excluding carboxylic acids is 2. The van der Waals surface area contributed by atoms with E-state index in [1.807, 2.05) is 41.5 Å². The second-order valence-corrected chi connectivity index (χ2v) is 9.39. The molecular weight excluding hydrogens is 402 g/mol. The SMILES string of the molecule is CN(Cc1c(Br)nc(C2CC2)n1C(=O)OC(C)(C)C)C(=O)OC(C)(C)C. The van der Waals surface area contributed by atoms with Gasteiger partial charge in [-0.05, 0) is 70.3 Å². The molecule has 1 aromatic heterocycles. The predicted octanol–water partition coefficient (Wildman–Crippen LogP) is 4.67. The van der Waals surface area contributed by atoms with Crippen LogP contribution in [-0.4, -0.2) is 44.9 Å². The largest absolute Gasteiger partial charge is 0.444 e. The van der Waals surface area contributed by atoms with Crippen LogP contribution in [0.4, 0.5) is 9.59 Å². The van der Waals surface area contributed by atoms with Gasteiger partial charge in [0.1, 0.15) is 21.6 Å². The Morgan fingerprint density at radius 1 is 1.15 bits per heavy atom. The second kappa shape index (κ2) is 7.21. The molecule has 1 aromatic rings. The van der Waals surface area contributed by atoms with Gasteiger partial charge in [0, 0.05) is 13.0 Å². The molecule has 26 heavy (non-hydrogen) atoms. The number of hydrogen-bond acceptors (Lipinski definition) is 5. The van der Waals surface area contributed by atoms with Crippen molar-refractivity contribution in [2.75, 3.05) is 7.05 Å². The Morgan fingerprint density at radius 2 is 1.69 bits per heavy atom. The fourth-order valence-corrected chi connectivity index (χ4v) is 2.82. The van der Waals surface area contributed by atoms with Crippen molar-refractivity contribution in [2.24, 2.45) is 0 Å². The Balaban J connectivity index is 2.30. The van der Waals surface area contributed by atoms with E-state index in [0.717, 1.165) is 12.8 Å². The van der Waals surface area contributed by atoms with Crippen molar-refractivity contribution in [1.29, 1.82) is 0 Å². The predicted molar refractivity (Wildman–Crippen MR) is 101 cm³/mol. The lowest BCUT2D eigenvalue weighted by atomic mass is 10.2. The molecule has 0 radical (unpaired) electrons. The molecule has 0 atom stereocenters. The van der Waals surface area contributed by atoms with E-state index in [2.05, 4.69) is 20.9 Å². The lowest BCUT2D eigenvalue weighted by Gasteiger charge is -2.25. The van der Waals surface area contributed by atoms with Crippen LogP contribution >= 0.6 is 15.9 Å². The maximum Gasteiger partial charge on any atom is 0.420 e. The highest BCUT2D eigenvalue weighted by Crippen LogP contribution is 2.41. The number of aromatic nitrogens is 2. The van der Waals surface area contributed by atoms with Crippen molar-refractivity contribution < 1.29 is 19.1 Å². The molecule has 1 aliphatic rings. The van der Waals surface area contributed by atoms with Gasteiger partial charge in [0.05, 0.1) is 12.2 Å². The van der Waals surface area contributed by atoms with E-state index < -0.39 is 23.4 Å². The van der Waals surface area contributed by atoms with Gasteiger partial charge in [-0.15, -0.1) is 0 Å². The van der Waals surface area contributed by atoms with Gasteiger partial charge in [0.2, 0.25) is 0 Å². The number of hydrogen-bond donors (Lipinski definition) is 0. The van der Waals surface area contributed by atoms with Crippen LogP contribution in [0.2, 0.25) is 0 Å². The summed E-state index contributed by atoms with van der Waals surface area (Å²) >= 11 is 3.43. The average Bonchev–Trinajstić information content (AvgIpc) is 3.21. The summed E-state index contributed by atoms with van der Waals surface area (Å²) in [5, 5.41) is 0. The topological polar surface area (TPSA) is 73.7 Å². The monoisotopic (exact) mass is 429 g/mol. The average molecular weight is 430 g/mol. The van der Waals surface area contributed by atoms with Crippen LogP contribution in [0.25, 0.3) is 0 Å². The molecule has 0 unspecified atom stereocenters. The van der Waals surface area contributed by atoms with Crippen molar-refractivity contribution in [3.8, 4) is 0 Å². The van der Waals surface area contributed by atoms with E-state index >= 15 is 0 Å². The van der Waals surface area contributed by atoms with Gasteiger partial charge in [0.25, 0.3) is 0 Å². The molecule has 0 aromatic carbocycles. The van der Waals surface area contributed by atoms with Crippen molar-refractivity contribution in [3.63, 3.8) is 0 Å². The Hall–Kier alpha value is -1.57. The lowest BCUT2D eigenvalue weighted by Crippen LogP contribution is -2.35. The first kappa shape index (κ1) is 20.7. The zero-order chi connectivity index (χ0) is 19.9. The van der Waals surface area contributed by atoms with Gasteiger partial charge < -0.3 is 14.4 Å². The first-order valence-corrected chi connectivity index (χ1v) is 9.52. The Labute approximate surface area is 163 Å². The third-order valence-corrected chi connectivity index (χ3v) is 4.20. The van der Waals surface area contributed by atoms with Crippen molar-refractivity contribution in [3.05, 3.63) is 16.1 Å². The Kier molecular flexibility index (Phi) is 5.75. The van der Waals surface area contributed by atoms with E-state index in [9.17, 15) is 9.59 Å². The van der Waals surface area contributed by atoms with Crippen LogP contribution in [0.3, 0.4) is 0 Å². The molecule has 0 N–H and O–H groups in total. The highest BCUT2D eigenvalue weighted by atomic mass is 79.9. The van der Waals surface area contributed by atoms with Crippen LogP contribution in [-0.2, 0) is 16.0 Å². The minimum Gasteiger partial charge on any atom is -0.444 e. The van der Waals surface area contributed by atoms with E-state index in [0.29, 0.717) is 16.1 Å². The molecule has 1 heterocycles. The number of rotatable bonds is 3. The number of amides is 1. The Morgan fingerprint density at radius 3 is 2.15 bits per heavy atom. The number of ether oxygens (including phenoxy) is 2. The highest BCUT2D eigenvalue weighted by Gasteiger charge is 2.35. The third-order valence-electron chi connectivity index (χ3n) is 3.56. The maximum absolute atomic E-state index is 12.8. The van der Waals surface area contributed by atoms with E-state index in [4.69, 9.17) is 9.47 Å². The number of halogens is 1. The van der Waals surface area contributed by atoms with Crippen molar-refractivity contribution >= 4 is 28.1 Å². The van der Waals surface area contributed by atoms with Crippen molar-refractivity contribution in [1.82, 2.24) is 14.5 Å². The van der Waals surface area contributed by atoms with E-state index in [1.54, 1.807) is 7.05 Å². The molecule has 0 bridgehead atoms. The molecule has 8 heteroatoms. The van der Waals surface area contributed by atoms with Crippen LogP contribution in [0.15, 0.2) is 4.60 Å². The van der Waals surface area contributed by atoms with Gasteiger partial charge in [0.15, 0.2) is 0 Å². The van der Waals surface area contributed by atoms with Crippen LogP contribution in [0.5, 0.6) is 0 Å². The summed E-state index contributed by atoms with van der Waals surface area (Å²) in [5.41, 5.74) is -0.634. The lowest BCUT2D eigenvalue weighted by molar-refractivity contribution is 0.0273. The minimum atomic E-state index is -0.622. The van der Waals surface area contributed by atoms with Crippen LogP contribution in [0, 0.1) is 0 Å².